The molecule has 0 unspecified atom stereocenters. The number of benzene rings is 1. The van der Waals surface area contributed by atoms with Crippen LogP contribution < -0.4 is 10.1 Å². The zero-order valence-electron chi connectivity index (χ0n) is 9.17. The number of hydrogen-bond donors (Lipinski definition) is 2. The van der Waals surface area contributed by atoms with Crippen LogP contribution >= 0.6 is 15.9 Å². The summed E-state index contributed by atoms with van der Waals surface area (Å²) >= 11 is 3.39. The second-order valence-electron chi connectivity index (χ2n) is 4.01. The van der Waals surface area contributed by atoms with Crippen LogP contribution in [-0.4, -0.2) is 24.4 Å². The summed E-state index contributed by atoms with van der Waals surface area (Å²) in [6, 6.07) is 5.70. The molecule has 2 N–H and O–H groups in total. The minimum atomic E-state index is -0.743. The molecule has 0 aliphatic carbocycles. The molecule has 3 nitrogen and oxygen atoms in total. The molecule has 0 saturated carbocycles. The summed E-state index contributed by atoms with van der Waals surface area (Å²) in [7, 11) is 1.62. The van der Waals surface area contributed by atoms with Gasteiger partial charge in [-0.25, -0.2) is 0 Å². The van der Waals surface area contributed by atoms with Crippen LogP contribution in [0.25, 0.3) is 0 Å². The maximum absolute atomic E-state index is 9.60. The van der Waals surface area contributed by atoms with E-state index in [4.69, 9.17) is 4.74 Å². The number of ether oxygens (including phenoxy) is 1. The van der Waals surface area contributed by atoms with E-state index >= 15 is 0 Å². The molecule has 0 aliphatic rings. The van der Waals surface area contributed by atoms with Gasteiger partial charge in [0, 0.05) is 11.0 Å². The van der Waals surface area contributed by atoms with E-state index in [1.54, 1.807) is 21.0 Å². The molecular formula is C11H16BrNO2. The highest BCUT2D eigenvalue weighted by Gasteiger charge is 2.13. The molecule has 15 heavy (non-hydrogen) atoms. The number of nitrogens with one attached hydrogen (secondary N) is 1. The fourth-order valence-electron chi connectivity index (χ4n) is 1.13. The van der Waals surface area contributed by atoms with Gasteiger partial charge in [0.2, 0.25) is 0 Å². The summed E-state index contributed by atoms with van der Waals surface area (Å²) in [6.45, 7) is 3.98. The van der Waals surface area contributed by atoms with Crippen molar-refractivity contribution in [3.8, 4) is 5.75 Å². The van der Waals surface area contributed by atoms with Crippen LogP contribution in [0.3, 0.4) is 0 Å². The van der Waals surface area contributed by atoms with Crippen LogP contribution in [0, 0.1) is 0 Å². The maximum atomic E-state index is 9.60. The first-order valence-electron chi connectivity index (χ1n) is 4.72. The third kappa shape index (κ3) is 4.10. The average Bonchev–Trinajstić information content (AvgIpc) is 2.14. The largest absolute Gasteiger partial charge is 0.495 e. The van der Waals surface area contributed by atoms with Gasteiger partial charge in [0.15, 0.2) is 0 Å². The number of aliphatic hydroxyl groups is 1. The van der Waals surface area contributed by atoms with Crippen LogP contribution in [0.15, 0.2) is 22.7 Å². The Hall–Kier alpha value is -0.740. The molecule has 0 aromatic heterocycles. The SMILES string of the molecule is COc1ccc(Br)cc1NCC(C)(C)O. The number of rotatable bonds is 4. The highest BCUT2D eigenvalue weighted by Crippen LogP contribution is 2.28. The van der Waals surface area contributed by atoms with Gasteiger partial charge in [-0.2, -0.15) is 0 Å². The van der Waals surface area contributed by atoms with Crippen LogP contribution in [-0.2, 0) is 0 Å². The van der Waals surface area contributed by atoms with E-state index in [1.807, 2.05) is 18.2 Å². The molecule has 0 radical (unpaired) electrons. The second kappa shape index (κ2) is 4.86. The third-order valence-electron chi connectivity index (χ3n) is 1.87. The fraction of sp³-hybridized carbons (Fsp3) is 0.455. The molecule has 0 fully saturated rings. The summed E-state index contributed by atoms with van der Waals surface area (Å²) in [4.78, 5) is 0. The molecular weight excluding hydrogens is 258 g/mol. The molecule has 1 rings (SSSR count). The quantitative estimate of drug-likeness (QED) is 0.886. The van der Waals surface area contributed by atoms with E-state index in [2.05, 4.69) is 21.2 Å². The van der Waals surface area contributed by atoms with Gasteiger partial charge in [-0.15, -0.1) is 0 Å². The molecule has 4 heteroatoms. The molecule has 1 aromatic rings. The number of hydrogen-bond acceptors (Lipinski definition) is 3. The summed E-state index contributed by atoms with van der Waals surface area (Å²) in [5.41, 5.74) is 0.127. The van der Waals surface area contributed by atoms with Gasteiger partial charge in [-0.05, 0) is 32.0 Å². The fourth-order valence-corrected chi connectivity index (χ4v) is 1.49. The zero-order chi connectivity index (χ0) is 11.5. The predicted octanol–water partition coefficient (Wildman–Crippen LogP) is 2.64. The summed E-state index contributed by atoms with van der Waals surface area (Å²) in [6.07, 6.45) is 0. The molecule has 0 bridgehead atoms. The second-order valence-corrected chi connectivity index (χ2v) is 4.93. The van der Waals surface area contributed by atoms with Gasteiger partial charge < -0.3 is 15.2 Å². The number of anilines is 1. The van der Waals surface area contributed by atoms with Gasteiger partial charge in [0.1, 0.15) is 5.75 Å². The van der Waals surface area contributed by atoms with Crippen molar-refractivity contribution in [2.45, 2.75) is 19.4 Å². The van der Waals surface area contributed by atoms with Crippen LogP contribution in [0.2, 0.25) is 0 Å². The van der Waals surface area contributed by atoms with Crippen molar-refractivity contribution in [1.29, 1.82) is 0 Å². The topological polar surface area (TPSA) is 41.5 Å². The Bertz CT molecular complexity index is 334. The Kier molecular flexibility index (Phi) is 3.99. The molecule has 0 saturated heterocycles. The summed E-state index contributed by atoms with van der Waals surface area (Å²) in [5.74, 6) is 0.766. The zero-order valence-corrected chi connectivity index (χ0v) is 10.8. The first-order chi connectivity index (χ1) is 6.92. The minimum absolute atomic E-state index is 0.472. The Labute approximate surface area is 98.6 Å². The monoisotopic (exact) mass is 273 g/mol. The molecule has 1 aromatic carbocycles. The van der Waals surface area contributed by atoms with Crippen LogP contribution in [0.1, 0.15) is 13.8 Å². The number of halogens is 1. The van der Waals surface area contributed by atoms with Crippen molar-refractivity contribution in [3.05, 3.63) is 22.7 Å². The third-order valence-corrected chi connectivity index (χ3v) is 2.37. The van der Waals surface area contributed by atoms with Crippen molar-refractivity contribution in [2.75, 3.05) is 19.0 Å². The van der Waals surface area contributed by atoms with Gasteiger partial charge in [0.25, 0.3) is 0 Å². The smallest absolute Gasteiger partial charge is 0.142 e. The Balaban J connectivity index is 2.79. The first kappa shape index (κ1) is 12.3. The van der Waals surface area contributed by atoms with Gasteiger partial charge in [-0.1, -0.05) is 15.9 Å². The Morgan fingerprint density at radius 1 is 1.47 bits per heavy atom. The van der Waals surface area contributed by atoms with Crippen molar-refractivity contribution in [3.63, 3.8) is 0 Å². The highest BCUT2D eigenvalue weighted by atomic mass is 79.9. The lowest BCUT2D eigenvalue weighted by atomic mass is 10.1. The lowest BCUT2D eigenvalue weighted by Crippen LogP contribution is -2.29. The van der Waals surface area contributed by atoms with E-state index in [0.29, 0.717) is 6.54 Å². The van der Waals surface area contributed by atoms with Gasteiger partial charge >= 0.3 is 0 Å². The average molecular weight is 274 g/mol. The van der Waals surface area contributed by atoms with Crippen molar-refractivity contribution in [2.24, 2.45) is 0 Å². The molecule has 0 aliphatic heterocycles. The van der Waals surface area contributed by atoms with E-state index < -0.39 is 5.60 Å². The summed E-state index contributed by atoms with van der Waals surface area (Å²) in [5, 5.41) is 12.7. The minimum Gasteiger partial charge on any atom is -0.495 e. The Morgan fingerprint density at radius 2 is 2.13 bits per heavy atom. The van der Waals surface area contributed by atoms with Crippen molar-refractivity contribution in [1.82, 2.24) is 0 Å². The molecule has 0 spiro atoms. The molecule has 0 amide bonds. The van der Waals surface area contributed by atoms with E-state index in [1.165, 1.54) is 0 Å². The van der Waals surface area contributed by atoms with Crippen LogP contribution in [0.5, 0.6) is 5.75 Å². The van der Waals surface area contributed by atoms with Crippen LogP contribution in [0.4, 0.5) is 5.69 Å². The molecule has 0 heterocycles. The van der Waals surface area contributed by atoms with Crippen molar-refractivity contribution >= 4 is 21.6 Å². The predicted molar refractivity (Wildman–Crippen MR) is 65.5 cm³/mol. The van der Waals surface area contributed by atoms with Gasteiger partial charge in [0.05, 0.1) is 18.4 Å². The Morgan fingerprint density at radius 3 is 2.67 bits per heavy atom. The van der Waals surface area contributed by atoms with E-state index in [9.17, 15) is 5.11 Å². The lowest BCUT2D eigenvalue weighted by Gasteiger charge is -2.19. The number of methoxy groups -OCH3 is 1. The first-order valence-corrected chi connectivity index (χ1v) is 5.51. The molecule has 84 valence electrons. The normalized spacial score (nSPS) is 11.3. The maximum Gasteiger partial charge on any atom is 0.142 e. The van der Waals surface area contributed by atoms with Gasteiger partial charge in [-0.3, -0.25) is 0 Å². The van der Waals surface area contributed by atoms with Crippen molar-refractivity contribution < 1.29 is 9.84 Å². The van der Waals surface area contributed by atoms with E-state index in [0.717, 1.165) is 15.9 Å². The standard InChI is InChI=1S/C11H16BrNO2/c1-11(2,14)7-13-9-6-8(12)4-5-10(9)15-3/h4-6,13-14H,7H2,1-3H3. The lowest BCUT2D eigenvalue weighted by molar-refractivity contribution is 0.0945. The van der Waals surface area contributed by atoms with E-state index in [-0.39, 0.29) is 0 Å². The summed E-state index contributed by atoms with van der Waals surface area (Å²) < 4.78 is 6.17. The highest BCUT2D eigenvalue weighted by molar-refractivity contribution is 9.10. The molecule has 0 atom stereocenters.